The van der Waals surface area contributed by atoms with E-state index in [1.165, 1.54) is 6.08 Å². The van der Waals surface area contributed by atoms with E-state index in [1.807, 2.05) is 13.0 Å². The topological polar surface area (TPSA) is 84.2 Å². The van der Waals surface area contributed by atoms with E-state index < -0.39 is 5.97 Å². The molecule has 0 unspecified atom stereocenters. The van der Waals surface area contributed by atoms with Gasteiger partial charge in [0.15, 0.2) is 18.1 Å². The van der Waals surface area contributed by atoms with E-state index in [0.29, 0.717) is 64.7 Å². The van der Waals surface area contributed by atoms with Gasteiger partial charge >= 0.3 is 5.97 Å². The second-order valence-electron chi connectivity index (χ2n) is 7.69. The molecule has 2 heterocycles. The van der Waals surface area contributed by atoms with Gasteiger partial charge in [0.2, 0.25) is 5.43 Å². The Balaban J connectivity index is 1.74. The van der Waals surface area contributed by atoms with Crippen LogP contribution in [0, 0.1) is 6.92 Å². The predicted octanol–water partition coefficient (Wildman–Crippen LogP) is 4.60. The van der Waals surface area contributed by atoms with Gasteiger partial charge < -0.3 is 23.4 Å². The number of hydrogen-bond acceptors (Lipinski definition) is 7. The summed E-state index contributed by atoms with van der Waals surface area (Å²) in [5.41, 5.74) is 2.26. The van der Waals surface area contributed by atoms with Crippen LogP contribution >= 0.6 is 0 Å². The summed E-state index contributed by atoms with van der Waals surface area (Å²) in [5.74, 6) is 1.74. The van der Waals surface area contributed by atoms with Crippen LogP contribution in [-0.4, -0.2) is 32.4 Å². The van der Waals surface area contributed by atoms with Crippen LogP contribution in [0.15, 0.2) is 52.2 Å². The molecule has 0 N–H and O–H groups in total. The third kappa shape index (κ3) is 4.72. The van der Waals surface area contributed by atoms with E-state index >= 15 is 0 Å². The average Bonchev–Trinajstić information content (AvgIpc) is 2.82. The number of aryl methyl sites for hydroxylation is 2. The summed E-state index contributed by atoms with van der Waals surface area (Å²) < 4.78 is 28.0. The third-order valence-electron chi connectivity index (χ3n) is 5.31. The van der Waals surface area contributed by atoms with E-state index in [1.54, 1.807) is 31.2 Å². The Morgan fingerprint density at radius 2 is 1.94 bits per heavy atom. The lowest BCUT2D eigenvalue weighted by atomic mass is 9.99. The average molecular weight is 450 g/mol. The molecule has 0 atom stereocenters. The first-order valence-electron chi connectivity index (χ1n) is 10.9. The number of hydrogen-bond donors (Lipinski definition) is 0. The molecule has 7 nitrogen and oxygen atoms in total. The van der Waals surface area contributed by atoms with Crippen LogP contribution in [0.5, 0.6) is 17.2 Å². The Kier molecular flexibility index (Phi) is 6.68. The second-order valence-corrected chi connectivity index (χ2v) is 7.69. The molecular weight excluding hydrogens is 424 g/mol. The van der Waals surface area contributed by atoms with Crippen molar-refractivity contribution in [1.29, 1.82) is 0 Å². The molecule has 0 aliphatic carbocycles. The van der Waals surface area contributed by atoms with Crippen molar-refractivity contribution in [2.45, 2.75) is 26.7 Å². The minimum Gasteiger partial charge on any atom is -0.486 e. The van der Waals surface area contributed by atoms with Gasteiger partial charge in [-0.2, -0.15) is 0 Å². The summed E-state index contributed by atoms with van der Waals surface area (Å²) in [7, 11) is 0. The van der Waals surface area contributed by atoms with Gasteiger partial charge in [0.25, 0.3) is 0 Å². The summed E-state index contributed by atoms with van der Waals surface area (Å²) >= 11 is 0. The number of rotatable bonds is 8. The van der Waals surface area contributed by atoms with Crippen molar-refractivity contribution in [3.63, 3.8) is 0 Å². The Morgan fingerprint density at radius 1 is 1.15 bits per heavy atom. The SMILES string of the molecule is C=CCOC(=O)COc1cc2oc(C)c(-c3ccc4c(c3)OCCO4)c(=O)c2cc1CCC. The maximum Gasteiger partial charge on any atom is 0.344 e. The minimum atomic E-state index is -0.496. The van der Waals surface area contributed by atoms with Crippen molar-refractivity contribution < 1.29 is 28.2 Å². The van der Waals surface area contributed by atoms with Gasteiger partial charge in [0, 0.05) is 6.07 Å². The highest BCUT2D eigenvalue weighted by Gasteiger charge is 2.19. The minimum absolute atomic E-state index is 0.123. The van der Waals surface area contributed by atoms with Crippen molar-refractivity contribution >= 4 is 16.9 Å². The predicted molar refractivity (Wildman–Crippen MR) is 124 cm³/mol. The van der Waals surface area contributed by atoms with Crippen LogP contribution in [0.3, 0.4) is 0 Å². The zero-order valence-corrected chi connectivity index (χ0v) is 18.8. The zero-order valence-electron chi connectivity index (χ0n) is 18.8. The first-order chi connectivity index (χ1) is 16.0. The Labute approximate surface area is 191 Å². The molecule has 172 valence electrons. The summed E-state index contributed by atoms with van der Waals surface area (Å²) in [6.07, 6.45) is 3.02. The quantitative estimate of drug-likeness (QED) is 0.366. The van der Waals surface area contributed by atoms with E-state index in [2.05, 4.69) is 6.58 Å². The number of ether oxygens (including phenoxy) is 4. The van der Waals surface area contributed by atoms with Gasteiger partial charge in [0.05, 0.1) is 10.9 Å². The van der Waals surface area contributed by atoms with E-state index in [-0.39, 0.29) is 18.6 Å². The Bertz CT molecular complexity index is 1260. The van der Waals surface area contributed by atoms with Gasteiger partial charge in [-0.3, -0.25) is 4.79 Å². The van der Waals surface area contributed by atoms with Crippen molar-refractivity contribution in [3.8, 4) is 28.4 Å². The molecule has 0 spiro atoms. The van der Waals surface area contributed by atoms with Gasteiger partial charge in [-0.25, -0.2) is 4.79 Å². The van der Waals surface area contributed by atoms with Crippen LogP contribution in [0.2, 0.25) is 0 Å². The fourth-order valence-corrected chi connectivity index (χ4v) is 3.84. The number of fused-ring (bicyclic) bond motifs is 2. The first-order valence-corrected chi connectivity index (χ1v) is 10.9. The summed E-state index contributed by atoms with van der Waals surface area (Å²) in [6, 6.07) is 8.90. The van der Waals surface area contributed by atoms with Crippen LogP contribution < -0.4 is 19.6 Å². The van der Waals surface area contributed by atoms with E-state index in [4.69, 9.17) is 23.4 Å². The first kappa shape index (κ1) is 22.5. The lowest BCUT2D eigenvalue weighted by Gasteiger charge is -2.19. The van der Waals surface area contributed by atoms with Crippen LogP contribution in [0.1, 0.15) is 24.7 Å². The van der Waals surface area contributed by atoms with Crippen molar-refractivity contribution in [2.24, 2.45) is 0 Å². The Hall–Kier alpha value is -3.74. The number of esters is 1. The van der Waals surface area contributed by atoms with Gasteiger partial charge in [-0.05, 0) is 42.7 Å². The monoisotopic (exact) mass is 450 g/mol. The smallest absolute Gasteiger partial charge is 0.344 e. The number of carbonyl (C=O) groups is 1. The Morgan fingerprint density at radius 3 is 2.70 bits per heavy atom. The summed E-state index contributed by atoms with van der Waals surface area (Å²) in [6.45, 7) is 8.15. The second kappa shape index (κ2) is 9.81. The molecule has 1 aliphatic rings. The fourth-order valence-electron chi connectivity index (χ4n) is 3.84. The van der Waals surface area contributed by atoms with Crippen LogP contribution in [0.25, 0.3) is 22.1 Å². The standard InChI is InChI=1S/C26H26O7/c1-4-6-17-12-19-22(14-21(17)32-15-24(27)31-9-5-2)33-16(3)25(26(19)28)18-7-8-20-23(13-18)30-11-10-29-20/h5,7-8,12-14H,2,4,6,9-11,15H2,1,3H3. The van der Waals surface area contributed by atoms with Gasteiger partial charge in [0.1, 0.15) is 36.9 Å². The molecular formula is C26H26O7. The maximum atomic E-state index is 13.5. The van der Waals surface area contributed by atoms with E-state index in [9.17, 15) is 9.59 Å². The highest BCUT2D eigenvalue weighted by atomic mass is 16.6. The molecule has 1 aromatic heterocycles. The molecule has 0 bridgehead atoms. The fraction of sp³-hybridized carbons (Fsp3) is 0.308. The van der Waals surface area contributed by atoms with Gasteiger partial charge in [-0.15, -0.1) is 0 Å². The summed E-state index contributed by atoms with van der Waals surface area (Å²) in [4.78, 5) is 25.3. The van der Waals surface area contributed by atoms with Crippen molar-refractivity contribution in [3.05, 3.63) is 64.5 Å². The molecule has 7 heteroatoms. The lowest BCUT2D eigenvalue weighted by Crippen LogP contribution is -2.16. The summed E-state index contributed by atoms with van der Waals surface area (Å²) in [5, 5.41) is 0.454. The molecule has 3 aromatic rings. The highest BCUT2D eigenvalue weighted by Crippen LogP contribution is 2.36. The molecule has 0 saturated heterocycles. The molecule has 33 heavy (non-hydrogen) atoms. The highest BCUT2D eigenvalue weighted by molar-refractivity contribution is 5.85. The van der Waals surface area contributed by atoms with Crippen molar-refractivity contribution in [2.75, 3.05) is 26.4 Å². The molecule has 2 aromatic carbocycles. The lowest BCUT2D eigenvalue weighted by molar-refractivity contribution is -0.144. The molecule has 0 fully saturated rings. The van der Waals surface area contributed by atoms with Gasteiger partial charge in [-0.1, -0.05) is 32.1 Å². The molecule has 0 saturated carbocycles. The molecule has 0 radical (unpaired) electrons. The molecule has 0 amide bonds. The zero-order chi connectivity index (χ0) is 23.4. The largest absolute Gasteiger partial charge is 0.486 e. The van der Waals surface area contributed by atoms with Crippen LogP contribution in [0.4, 0.5) is 0 Å². The molecule has 4 rings (SSSR count). The van der Waals surface area contributed by atoms with Crippen molar-refractivity contribution in [1.82, 2.24) is 0 Å². The van der Waals surface area contributed by atoms with E-state index in [0.717, 1.165) is 12.0 Å². The normalized spacial score (nSPS) is 12.4. The number of benzene rings is 2. The van der Waals surface area contributed by atoms with Crippen LogP contribution in [-0.2, 0) is 16.0 Å². The molecule has 1 aliphatic heterocycles. The maximum absolute atomic E-state index is 13.5. The number of carbonyl (C=O) groups excluding carboxylic acids is 1. The third-order valence-corrected chi connectivity index (χ3v) is 5.31.